The Morgan fingerprint density at radius 2 is 1.86 bits per heavy atom. The molecule has 2 aromatic heterocycles. The molecule has 1 aromatic carbocycles. The van der Waals surface area contributed by atoms with Crippen LogP contribution in [0.15, 0.2) is 40.2 Å². The molecule has 2 heterocycles. The zero-order valence-electron chi connectivity index (χ0n) is 15.6. The predicted octanol–water partition coefficient (Wildman–Crippen LogP) is 0.764. The maximum absolute atomic E-state index is 13.1. The van der Waals surface area contributed by atoms with Crippen LogP contribution >= 0.6 is 0 Å². The largest absolute Gasteiger partial charge is 0.334 e. The van der Waals surface area contributed by atoms with Gasteiger partial charge in [-0.1, -0.05) is 12.1 Å². The van der Waals surface area contributed by atoms with Crippen LogP contribution in [0, 0.1) is 5.82 Å². The highest BCUT2D eigenvalue weighted by Crippen LogP contribution is 2.29. The van der Waals surface area contributed by atoms with Crippen molar-refractivity contribution in [3.63, 3.8) is 0 Å². The summed E-state index contributed by atoms with van der Waals surface area (Å²) in [5.41, 5.74) is 0.355. The van der Waals surface area contributed by atoms with E-state index in [9.17, 15) is 18.8 Å². The normalized spacial score (nSPS) is 13.8. The second-order valence-electron chi connectivity index (χ2n) is 7.13. The number of fused-ring (bicyclic) bond motifs is 1. The number of carbonyl (C=O) groups excluding carboxylic acids is 1. The molecule has 4 rings (SSSR count). The number of hydrogen-bond acceptors (Lipinski definition) is 4. The minimum absolute atomic E-state index is 0.0539. The zero-order valence-corrected chi connectivity index (χ0v) is 15.6. The van der Waals surface area contributed by atoms with Crippen molar-refractivity contribution < 1.29 is 9.18 Å². The fourth-order valence-corrected chi connectivity index (χ4v) is 3.35. The third-order valence-corrected chi connectivity index (χ3v) is 5.10. The van der Waals surface area contributed by atoms with Gasteiger partial charge in [-0.3, -0.25) is 18.7 Å². The molecule has 1 aliphatic carbocycles. The SMILES string of the molecule is Cn1c(=O)c2c(ncn2CC(=O)N(Cc2ccc(F)cc2)C2CC2)n(C)c1=O. The Morgan fingerprint density at radius 1 is 1.18 bits per heavy atom. The van der Waals surface area contributed by atoms with Crippen molar-refractivity contribution in [2.24, 2.45) is 14.1 Å². The van der Waals surface area contributed by atoms with Crippen LogP contribution in [-0.2, 0) is 32.0 Å². The van der Waals surface area contributed by atoms with Crippen molar-refractivity contribution in [1.29, 1.82) is 0 Å². The number of benzene rings is 1. The van der Waals surface area contributed by atoms with Crippen LogP contribution < -0.4 is 11.2 Å². The van der Waals surface area contributed by atoms with Crippen molar-refractivity contribution in [2.45, 2.75) is 32.0 Å². The van der Waals surface area contributed by atoms with Gasteiger partial charge in [0.1, 0.15) is 12.4 Å². The number of carbonyl (C=O) groups is 1. The third kappa shape index (κ3) is 3.12. The van der Waals surface area contributed by atoms with Crippen LogP contribution in [0.5, 0.6) is 0 Å². The number of amides is 1. The molecule has 0 saturated heterocycles. The molecule has 3 aromatic rings. The Hall–Kier alpha value is -3.23. The quantitative estimate of drug-likeness (QED) is 0.649. The minimum Gasteiger partial charge on any atom is -0.334 e. The van der Waals surface area contributed by atoms with Gasteiger partial charge >= 0.3 is 5.69 Å². The maximum atomic E-state index is 13.1. The highest BCUT2D eigenvalue weighted by molar-refractivity contribution is 5.79. The Labute approximate surface area is 159 Å². The van der Waals surface area contributed by atoms with Crippen LogP contribution in [0.2, 0.25) is 0 Å². The summed E-state index contributed by atoms with van der Waals surface area (Å²) < 4.78 is 16.9. The lowest BCUT2D eigenvalue weighted by Gasteiger charge is -2.23. The monoisotopic (exact) mass is 385 g/mol. The van der Waals surface area contributed by atoms with E-state index in [0.717, 1.165) is 23.0 Å². The second-order valence-corrected chi connectivity index (χ2v) is 7.13. The molecular formula is C19H20FN5O3. The second kappa shape index (κ2) is 6.74. The van der Waals surface area contributed by atoms with E-state index in [4.69, 9.17) is 0 Å². The Bertz CT molecular complexity index is 1170. The minimum atomic E-state index is -0.486. The molecule has 146 valence electrons. The van der Waals surface area contributed by atoms with Gasteiger partial charge in [0.2, 0.25) is 5.91 Å². The first-order valence-corrected chi connectivity index (χ1v) is 9.01. The summed E-state index contributed by atoms with van der Waals surface area (Å²) in [6.07, 6.45) is 3.26. The summed E-state index contributed by atoms with van der Waals surface area (Å²) in [6, 6.07) is 6.22. The Kier molecular flexibility index (Phi) is 4.37. The standard InChI is InChI=1S/C19H20FN5O3/c1-22-17-16(18(27)23(2)19(22)28)24(11-21-17)10-15(26)25(14-7-8-14)9-12-3-5-13(20)6-4-12/h3-6,11,14H,7-10H2,1-2H3. The smallest absolute Gasteiger partial charge is 0.332 e. The summed E-state index contributed by atoms with van der Waals surface area (Å²) in [6.45, 7) is 0.328. The number of imidazole rings is 1. The van der Waals surface area contributed by atoms with Crippen molar-refractivity contribution in [1.82, 2.24) is 23.6 Å². The average Bonchev–Trinajstić information content (AvgIpc) is 3.44. The van der Waals surface area contributed by atoms with E-state index in [-0.39, 0.29) is 35.5 Å². The van der Waals surface area contributed by atoms with E-state index in [1.807, 2.05) is 0 Å². The highest BCUT2D eigenvalue weighted by Gasteiger charge is 2.33. The van der Waals surface area contributed by atoms with Gasteiger partial charge in [-0.05, 0) is 30.5 Å². The van der Waals surface area contributed by atoms with Crippen LogP contribution in [0.4, 0.5) is 4.39 Å². The van der Waals surface area contributed by atoms with Gasteiger partial charge in [0.05, 0.1) is 6.33 Å². The van der Waals surface area contributed by atoms with Gasteiger partial charge in [0.25, 0.3) is 5.56 Å². The molecule has 1 saturated carbocycles. The summed E-state index contributed by atoms with van der Waals surface area (Å²) >= 11 is 0. The fraction of sp³-hybridized carbons (Fsp3) is 0.368. The summed E-state index contributed by atoms with van der Waals surface area (Å²) in [5.74, 6) is -0.471. The Morgan fingerprint density at radius 3 is 2.50 bits per heavy atom. The number of rotatable bonds is 5. The van der Waals surface area contributed by atoms with Gasteiger partial charge < -0.3 is 9.47 Å². The molecule has 0 aliphatic heterocycles. The van der Waals surface area contributed by atoms with Gasteiger partial charge in [0.15, 0.2) is 11.2 Å². The first-order valence-electron chi connectivity index (χ1n) is 9.01. The fourth-order valence-electron chi connectivity index (χ4n) is 3.35. The molecular weight excluding hydrogens is 365 g/mol. The molecule has 0 radical (unpaired) electrons. The molecule has 0 unspecified atom stereocenters. The van der Waals surface area contributed by atoms with E-state index in [1.54, 1.807) is 17.0 Å². The number of aromatic nitrogens is 4. The van der Waals surface area contributed by atoms with Crippen molar-refractivity contribution >= 4 is 17.1 Å². The molecule has 1 fully saturated rings. The molecule has 0 spiro atoms. The number of hydrogen-bond donors (Lipinski definition) is 0. The zero-order chi connectivity index (χ0) is 20.0. The van der Waals surface area contributed by atoms with Crippen LogP contribution in [-0.4, -0.2) is 35.5 Å². The molecule has 9 heteroatoms. The first kappa shape index (κ1) is 18.1. The van der Waals surface area contributed by atoms with Gasteiger partial charge in [0, 0.05) is 26.7 Å². The molecule has 28 heavy (non-hydrogen) atoms. The number of nitrogens with zero attached hydrogens (tertiary/aromatic N) is 5. The van der Waals surface area contributed by atoms with Crippen LogP contribution in [0.25, 0.3) is 11.2 Å². The average molecular weight is 385 g/mol. The molecule has 0 bridgehead atoms. The van der Waals surface area contributed by atoms with E-state index in [2.05, 4.69) is 4.98 Å². The first-order chi connectivity index (χ1) is 13.4. The van der Waals surface area contributed by atoms with Crippen molar-refractivity contribution in [3.05, 3.63) is 62.8 Å². The molecule has 8 nitrogen and oxygen atoms in total. The topological polar surface area (TPSA) is 82.1 Å². The van der Waals surface area contributed by atoms with Gasteiger partial charge in [-0.25, -0.2) is 14.2 Å². The Balaban J connectivity index is 1.64. The molecule has 1 amide bonds. The lowest BCUT2D eigenvalue weighted by molar-refractivity contribution is -0.133. The van der Waals surface area contributed by atoms with E-state index in [1.165, 1.54) is 41.7 Å². The highest BCUT2D eigenvalue weighted by atomic mass is 19.1. The maximum Gasteiger partial charge on any atom is 0.332 e. The van der Waals surface area contributed by atoms with E-state index < -0.39 is 11.2 Å². The number of halogens is 1. The van der Waals surface area contributed by atoms with Crippen LogP contribution in [0.3, 0.4) is 0 Å². The lowest BCUT2D eigenvalue weighted by Crippen LogP contribution is -2.39. The summed E-state index contributed by atoms with van der Waals surface area (Å²) in [7, 11) is 2.93. The van der Waals surface area contributed by atoms with Gasteiger partial charge in [-0.15, -0.1) is 0 Å². The van der Waals surface area contributed by atoms with Crippen molar-refractivity contribution in [2.75, 3.05) is 0 Å². The lowest BCUT2D eigenvalue weighted by atomic mass is 10.2. The molecule has 1 aliphatic rings. The van der Waals surface area contributed by atoms with E-state index in [0.29, 0.717) is 6.54 Å². The van der Waals surface area contributed by atoms with E-state index >= 15 is 0 Å². The number of aryl methyl sites for hydroxylation is 1. The molecule has 0 N–H and O–H groups in total. The van der Waals surface area contributed by atoms with Crippen LogP contribution in [0.1, 0.15) is 18.4 Å². The van der Waals surface area contributed by atoms with Crippen molar-refractivity contribution in [3.8, 4) is 0 Å². The molecule has 0 atom stereocenters. The summed E-state index contributed by atoms with van der Waals surface area (Å²) in [5, 5.41) is 0. The third-order valence-electron chi connectivity index (χ3n) is 5.10. The summed E-state index contributed by atoms with van der Waals surface area (Å²) in [4.78, 5) is 43.5. The predicted molar refractivity (Wildman–Crippen MR) is 100 cm³/mol. The van der Waals surface area contributed by atoms with Gasteiger partial charge in [-0.2, -0.15) is 0 Å².